The summed E-state index contributed by atoms with van der Waals surface area (Å²) in [5.41, 5.74) is 2.89. The lowest BCUT2D eigenvalue weighted by Gasteiger charge is -2.41. The quantitative estimate of drug-likeness (QED) is 0.296. The number of imidazole rings is 1. The Labute approximate surface area is 254 Å². The average Bonchev–Trinajstić information content (AvgIpc) is 3.73. The molecule has 226 valence electrons. The molecule has 0 radical (unpaired) electrons. The molecule has 3 atom stereocenters. The van der Waals surface area contributed by atoms with Crippen molar-refractivity contribution >= 4 is 22.8 Å². The van der Waals surface area contributed by atoms with Crippen molar-refractivity contribution in [1.29, 1.82) is 5.26 Å². The molecule has 0 saturated carbocycles. The summed E-state index contributed by atoms with van der Waals surface area (Å²) in [4.78, 5) is 26.4. The second kappa shape index (κ2) is 11.9. The molecule has 44 heavy (non-hydrogen) atoms. The van der Waals surface area contributed by atoms with E-state index in [1.54, 1.807) is 12.1 Å². The molecule has 4 aromatic rings. The van der Waals surface area contributed by atoms with Gasteiger partial charge >= 0.3 is 5.97 Å². The van der Waals surface area contributed by atoms with Gasteiger partial charge in [-0.3, -0.25) is 4.90 Å². The van der Waals surface area contributed by atoms with E-state index in [2.05, 4.69) is 14.4 Å². The highest BCUT2D eigenvalue weighted by Crippen LogP contribution is 2.35. The predicted octanol–water partition coefficient (Wildman–Crippen LogP) is 4.61. The fourth-order valence-electron chi connectivity index (χ4n) is 6.84. The minimum atomic E-state index is -0.941. The molecule has 10 nitrogen and oxygen atoms in total. The zero-order chi connectivity index (χ0) is 30.2. The first-order valence-electron chi connectivity index (χ1n) is 15.0. The number of hydrogen-bond donors (Lipinski definition) is 1. The number of halogens is 1. The highest BCUT2D eigenvalue weighted by Gasteiger charge is 2.41. The second-order valence-corrected chi connectivity index (χ2v) is 11.9. The molecule has 5 heterocycles. The maximum Gasteiger partial charge on any atom is 0.335 e. The second-order valence-electron chi connectivity index (χ2n) is 11.9. The third kappa shape index (κ3) is 5.58. The molecule has 7 rings (SSSR count). The summed E-state index contributed by atoms with van der Waals surface area (Å²) in [5.74, 6) is 0.812. The van der Waals surface area contributed by atoms with Crippen LogP contribution in [0.2, 0.25) is 0 Å². The summed E-state index contributed by atoms with van der Waals surface area (Å²) in [6.07, 6.45) is 3.12. The highest BCUT2D eigenvalue weighted by atomic mass is 19.1. The summed E-state index contributed by atoms with van der Waals surface area (Å²) in [6.45, 7) is 4.76. The molecule has 1 N–H and O–H groups in total. The van der Waals surface area contributed by atoms with Crippen LogP contribution in [0.3, 0.4) is 0 Å². The number of carboxylic acids is 1. The molecule has 11 heteroatoms. The zero-order valence-electron chi connectivity index (χ0n) is 24.2. The number of aromatic nitrogens is 3. The predicted molar refractivity (Wildman–Crippen MR) is 160 cm³/mol. The Morgan fingerprint density at radius 3 is 2.66 bits per heavy atom. The van der Waals surface area contributed by atoms with Gasteiger partial charge in [0.1, 0.15) is 18.2 Å². The van der Waals surface area contributed by atoms with E-state index in [-0.39, 0.29) is 23.5 Å². The van der Waals surface area contributed by atoms with Gasteiger partial charge < -0.3 is 24.0 Å². The van der Waals surface area contributed by atoms with E-state index < -0.39 is 11.8 Å². The van der Waals surface area contributed by atoms with Gasteiger partial charge in [-0.15, -0.1) is 0 Å². The van der Waals surface area contributed by atoms with Gasteiger partial charge in [0, 0.05) is 44.2 Å². The van der Waals surface area contributed by atoms with E-state index in [0.717, 1.165) is 68.2 Å². The van der Waals surface area contributed by atoms with Crippen molar-refractivity contribution in [1.82, 2.24) is 19.4 Å². The number of pyridine rings is 1. The monoisotopic (exact) mass is 596 g/mol. The van der Waals surface area contributed by atoms with Crippen molar-refractivity contribution < 1.29 is 23.8 Å². The van der Waals surface area contributed by atoms with Gasteiger partial charge in [-0.25, -0.2) is 19.2 Å². The fourth-order valence-corrected chi connectivity index (χ4v) is 6.84. The molecular formula is C33H33FN6O4. The van der Waals surface area contributed by atoms with Crippen molar-refractivity contribution in [2.75, 3.05) is 31.2 Å². The molecular weight excluding hydrogens is 563 g/mol. The number of piperazine rings is 1. The number of benzene rings is 2. The van der Waals surface area contributed by atoms with Crippen LogP contribution in [-0.2, 0) is 24.4 Å². The SMILES string of the molecule is N#Cc1ccc(OCc2cccc(N3C4CCC3CN(Cc3nc5ccc(C(=O)O)cc5n3CC3CCOC3)C4)n2)c(F)c1. The lowest BCUT2D eigenvalue weighted by molar-refractivity contribution is 0.0697. The fraction of sp³-hybridized carbons (Fsp3) is 0.394. The van der Waals surface area contributed by atoms with E-state index in [1.165, 1.54) is 18.2 Å². The number of aromatic carboxylic acids is 1. The van der Waals surface area contributed by atoms with Crippen LogP contribution in [0.25, 0.3) is 11.0 Å². The highest BCUT2D eigenvalue weighted by molar-refractivity contribution is 5.92. The third-order valence-corrected chi connectivity index (χ3v) is 8.95. The van der Waals surface area contributed by atoms with Crippen LogP contribution in [0, 0.1) is 23.1 Å². The first kappa shape index (κ1) is 28.3. The summed E-state index contributed by atoms with van der Waals surface area (Å²) in [5, 5.41) is 18.6. The van der Waals surface area contributed by atoms with Crippen molar-refractivity contribution in [3.63, 3.8) is 0 Å². The van der Waals surface area contributed by atoms with Gasteiger partial charge in [-0.1, -0.05) is 6.07 Å². The average molecular weight is 597 g/mol. The Kier molecular flexibility index (Phi) is 7.62. The molecule has 3 saturated heterocycles. The standard InChI is InChI=1S/C33H33FN6O4/c34-27-12-21(14-35)4-9-30(27)44-20-24-2-1-3-31(36-24)40-25-6-7-26(40)17-38(16-25)18-32-37-28-8-5-23(33(41)42)13-29(28)39(32)15-22-10-11-43-19-22/h1-5,8-9,12-13,22,25-26H,6-7,10-11,15-20H2,(H,41,42). The molecule has 0 amide bonds. The summed E-state index contributed by atoms with van der Waals surface area (Å²) in [7, 11) is 0. The van der Waals surface area contributed by atoms with Crippen molar-refractivity contribution in [3.8, 4) is 11.8 Å². The number of ether oxygens (including phenoxy) is 2. The van der Waals surface area contributed by atoms with Crippen LogP contribution in [-0.4, -0.2) is 68.9 Å². The Bertz CT molecular complexity index is 1730. The van der Waals surface area contributed by atoms with Crippen LogP contribution >= 0.6 is 0 Å². The molecule has 3 unspecified atom stereocenters. The van der Waals surface area contributed by atoms with Crippen molar-refractivity contribution in [3.05, 3.63) is 83.1 Å². The smallest absolute Gasteiger partial charge is 0.335 e. The van der Waals surface area contributed by atoms with E-state index in [1.807, 2.05) is 30.3 Å². The number of fused-ring (bicyclic) bond motifs is 3. The summed E-state index contributed by atoms with van der Waals surface area (Å²) in [6, 6.07) is 17.7. The Hall–Kier alpha value is -4.53. The zero-order valence-corrected chi connectivity index (χ0v) is 24.2. The number of nitrogens with zero attached hydrogens (tertiary/aromatic N) is 6. The van der Waals surface area contributed by atoms with Crippen LogP contribution in [0.4, 0.5) is 10.2 Å². The van der Waals surface area contributed by atoms with Crippen LogP contribution in [0.1, 0.15) is 46.7 Å². The number of hydrogen-bond acceptors (Lipinski definition) is 8. The Morgan fingerprint density at radius 2 is 1.93 bits per heavy atom. The van der Waals surface area contributed by atoms with E-state index in [0.29, 0.717) is 36.8 Å². The number of carboxylic acid groups (broad SMARTS) is 1. The first-order chi connectivity index (χ1) is 21.4. The van der Waals surface area contributed by atoms with Gasteiger partial charge in [0.25, 0.3) is 0 Å². The molecule has 2 bridgehead atoms. The molecule has 2 aromatic heterocycles. The van der Waals surface area contributed by atoms with Gasteiger partial charge in [-0.2, -0.15) is 5.26 Å². The number of anilines is 1. The lowest BCUT2D eigenvalue weighted by Crippen LogP contribution is -2.54. The van der Waals surface area contributed by atoms with Gasteiger partial charge in [0.2, 0.25) is 0 Å². The molecule has 2 aromatic carbocycles. The van der Waals surface area contributed by atoms with Crippen molar-refractivity contribution in [2.45, 2.75) is 51.0 Å². The largest absolute Gasteiger partial charge is 0.484 e. The van der Waals surface area contributed by atoms with Crippen LogP contribution in [0.5, 0.6) is 5.75 Å². The molecule has 3 fully saturated rings. The number of likely N-dealkylation sites (tertiary alicyclic amines) is 1. The summed E-state index contributed by atoms with van der Waals surface area (Å²) >= 11 is 0. The maximum atomic E-state index is 14.3. The molecule has 0 aliphatic carbocycles. The molecule has 3 aliphatic heterocycles. The first-order valence-corrected chi connectivity index (χ1v) is 15.0. The molecule has 0 spiro atoms. The number of carbonyl (C=O) groups is 1. The van der Waals surface area contributed by atoms with Gasteiger partial charge in [0.15, 0.2) is 11.6 Å². The minimum Gasteiger partial charge on any atom is -0.484 e. The van der Waals surface area contributed by atoms with Gasteiger partial charge in [0.05, 0.1) is 47.1 Å². The topological polar surface area (TPSA) is 117 Å². The Morgan fingerprint density at radius 1 is 1.09 bits per heavy atom. The van der Waals surface area contributed by atoms with Crippen LogP contribution < -0.4 is 9.64 Å². The Balaban J connectivity index is 1.07. The van der Waals surface area contributed by atoms with Gasteiger partial charge in [-0.05, 0) is 67.8 Å². The molecule has 3 aliphatic rings. The normalized spacial score (nSPS) is 21.5. The van der Waals surface area contributed by atoms with Crippen molar-refractivity contribution in [2.24, 2.45) is 5.92 Å². The van der Waals surface area contributed by atoms with Crippen LogP contribution in [0.15, 0.2) is 54.6 Å². The van der Waals surface area contributed by atoms with E-state index in [4.69, 9.17) is 24.7 Å². The maximum absolute atomic E-state index is 14.3. The van der Waals surface area contributed by atoms with E-state index in [9.17, 15) is 14.3 Å². The third-order valence-electron chi connectivity index (χ3n) is 8.95. The summed E-state index contributed by atoms with van der Waals surface area (Å²) < 4.78 is 27.8. The number of nitriles is 1. The lowest BCUT2D eigenvalue weighted by atomic mass is 10.1. The minimum absolute atomic E-state index is 0.0931. The number of rotatable bonds is 9. The van der Waals surface area contributed by atoms with E-state index >= 15 is 0 Å².